The fraction of sp³-hybridized carbons (Fsp3) is 0.480. The number of nitrogens with one attached hydrogen (secondary N) is 1. The molecule has 4 heteroatoms. The molecule has 2 aliphatic rings. The normalized spacial score (nSPS) is 17.1. The lowest BCUT2D eigenvalue weighted by atomic mass is 9.95. The standard InChI is InChI=1S/C25H33N3O/c1-20-9-11-23(12-10-20)27-18-13-22(14-19-27)25(29)26-15-5-17-28-16-4-7-21-6-2-3-8-24(21)28/h2-3,6,8-12,22H,4-5,7,13-19H2,1H3,(H,26,29). The monoisotopic (exact) mass is 391 g/mol. The maximum Gasteiger partial charge on any atom is 0.223 e. The molecule has 0 saturated carbocycles. The molecule has 2 aromatic carbocycles. The zero-order valence-corrected chi connectivity index (χ0v) is 17.6. The molecule has 0 atom stereocenters. The van der Waals surface area contributed by atoms with E-state index < -0.39 is 0 Å². The van der Waals surface area contributed by atoms with Gasteiger partial charge in [-0.2, -0.15) is 0 Å². The van der Waals surface area contributed by atoms with E-state index in [0.717, 1.165) is 52.0 Å². The van der Waals surface area contributed by atoms with E-state index in [9.17, 15) is 4.79 Å². The number of rotatable bonds is 6. The number of hydrogen-bond donors (Lipinski definition) is 1. The molecule has 2 heterocycles. The minimum Gasteiger partial charge on any atom is -0.371 e. The van der Waals surface area contributed by atoms with Crippen molar-refractivity contribution in [3.63, 3.8) is 0 Å². The Hall–Kier alpha value is -2.49. The van der Waals surface area contributed by atoms with Gasteiger partial charge in [-0.05, 0) is 62.8 Å². The number of benzene rings is 2. The van der Waals surface area contributed by atoms with Crippen LogP contribution in [-0.2, 0) is 11.2 Å². The van der Waals surface area contributed by atoms with Gasteiger partial charge in [0.1, 0.15) is 0 Å². The van der Waals surface area contributed by atoms with E-state index in [1.165, 1.54) is 35.3 Å². The van der Waals surface area contributed by atoms with Crippen molar-refractivity contribution < 1.29 is 4.79 Å². The molecule has 4 rings (SSSR count). The fourth-order valence-electron chi connectivity index (χ4n) is 4.63. The molecular weight excluding hydrogens is 358 g/mol. The zero-order valence-electron chi connectivity index (χ0n) is 17.6. The summed E-state index contributed by atoms with van der Waals surface area (Å²) in [6.07, 6.45) is 5.30. The largest absolute Gasteiger partial charge is 0.371 e. The van der Waals surface area contributed by atoms with Crippen LogP contribution in [0.3, 0.4) is 0 Å². The van der Waals surface area contributed by atoms with Crippen LogP contribution in [-0.4, -0.2) is 38.6 Å². The van der Waals surface area contributed by atoms with Crippen LogP contribution in [0.1, 0.15) is 36.8 Å². The van der Waals surface area contributed by atoms with Crippen LogP contribution in [0.2, 0.25) is 0 Å². The molecular formula is C25H33N3O. The van der Waals surface area contributed by atoms with Crippen molar-refractivity contribution in [3.8, 4) is 0 Å². The number of amides is 1. The first kappa shape index (κ1) is 19.8. The van der Waals surface area contributed by atoms with Gasteiger partial charge in [-0.15, -0.1) is 0 Å². The Kier molecular flexibility index (Phi) is 6.38. The van der Waals surface area contributed by atoms with E-state index in [1.54, 1.807) is 0 Å². The van der Waals surface area contributed by atoms with Crippen molar-refractivity contribution in [1.29, 1.82) is 0 Å². The minimum atomic E-state index is 0.160. The van der Waals surface area contributed by atoms with E-state index in [1.807, 2.05) is 0 Å². The zero-order chi connectivity index (χ0) is 20.1. The van der Waals surface area contributed by atoms with Crippen LogP contribution in [0.4, 0.5) is 11.4 Å². The van der Waals surface area contributed by atoms with E-state index in [-0.39, 0.29) is 11.8 Å². The SMILES string of the molecule is Cc1ccc(N2CCC(C(=O)NCCCN3CCCc4ccccc43)CC2)cc1. The molecule has 1 amide bonds. The van der Waals surface area contributed by atoms with Crippen LogP contribution in [0.15, 0.2) is 48.5 Å². The van der Waals surface area contributed by atoms with Gasteiger partial charge in [0.2, 0.25) is 5.91 Å². The van der Waals surface area contributed by atoms with Crippen LogP contribution in [0, 0.1) is 12.8 Å². The Bertz CT molecular complexity index is 809. The summed E-state index contributed by atoms with van der Waals surface area (Å²) in [6, 6.07) is 17.4. The highest BCUT2D eigenvalue weighted by atomic mass is 16.1. The molecule has 2 aromatic rings. The van der Waals surface area contributed by atoms with Crippen LogP contribution in [0.25, 0.3) is 0 Å². The molecule has 1 saturated heterocycles. The van der Waals surface area contributed by atoms with Crippen molar-refractivity contribution >= 4 is 17.3 Å². The molecule has 0 radical (unpaired) electrons. The van der Waals surface area contributed by atoms with Gasteiger partial charge in [-0.1, -0.05) is 35.9 Å². The highest BCUT2D eigenvalue weighted by Gasteiger charge is 2.25. The number of hydrogen-bond acceptors (Lipinski definition) is 3. The molecule has 0 spiro atoms. The van der Waals surface area contributed by atoms with Gasteiger partial charge in [0, 0.05) is 50.0 Å². The summed E-state index contributed by atoms with van der Waals surface area (Å²) < 4.78 is 0. The number of nitrogens with zero attached hydrogens (tertiary/aromatic N) is 2. The second kappa shape index (κ2) is 9.34. The molecule has 2 aliphatic heterocycles. The lowest BCUT2D eigenvalue weighted by molar-refractivity contribution is -0.125. The molecule has 1 N–H and O–H groups in total. The minimum absolute atomic E-state index is 0.160. The summed E-state index contributed by atoms with van der Waals surface area (Å²) >= 11 is 0. The summed E-state index contributed by atoms with van der Waals surface area (Å²) in [6.45, 7) is 6.96. The molecule has 29 heavy (non-hydrogen) atoms. The lowest BCUT2D eigenvalue weighted by Crippen LogP contribution is -2.41. The number of carbonyl (C=O) groups excluding carboxylic acids is 1. The Labute approximate surface area is 174 Å². The average Bonchev–Trinajstić information content (AvgIpc) is 2.77. The summed E-state index contributed by atoms with van der Waals surface area (Å²) in [7, 11) is 0. The topological polar surface area (TPSA) is 35.6 Å². The molecule has 0 aliphatic carbocycles. The van der Waals surface area contributed by atoms with Crippen molar-refractivity contribution in [1.82, 2.24) is 5.32 Å². The smallest absolute Gasteiger partial charge is 0.223 e. The van der Waals surface area contributed by atoms with Crippen LogP contribution < -0.4 is 15.1 Å². The van der Waals surface area contributed by atoms with Gasteiger partial charge >= 0.3 is 0 Å². The number of carbonyl (C=O) groups is 1. The lowest BCUT2D eigenvalue weighted by Gasteiger charge is -2.33. The molecule has 4 nitrogen and oxygen atoms in total. The first-order valence-corrected chi connectivity index (χ1v) is 11.1. The van der Waals surface area contributed by atoms with Crippen LogP contribution >= 0.6 is 0 Å². The van der Waals surface area contributed by atoms with Gasteiger partial charge in [0.05, 0.1) is 0 Å². The van der Waals surface area contributed by atoms with Crippen molar-refractivity contribution in [2.24, 2.45) is 5.92 Å². The number of fused-ring (bicyclic) bond motifs is 1. The molecule has 0 bridgehead atoms. The second-order valence-electron chi connectivity index (χ2n) is 8.46. The quantitative estimate of drug-likeness (QED) is 0.751. The molecule has 0 aromatic heterocycles. The van der Waals surface area contributed by atoms with Crippen LogP contribution in [0.5, 0.6) is 0 Å². The Morgan fingerprint density at radius 1 is 1.03 bits per heavy atom. The number of anilines is 2. The van der Waals surface area contributed by atoms with Gasteiger partial charge < -0.3 is 15.1 Å². The van der Waals surface area contributed by atoms with E-state index >= 15 is 0 Å². The maximum atomic E-state index is 12.6. The number of para-hydroxylation sites is 1. The first-order valence-electron chi connectivity index (χ1n) is 11.1. The third kappa shape index (κ3) is 4.92. The Morgan fingerprint density at radius 2 is 1.79 bits per heavy atom. The van der Waals surface area contributed by atoms with E-state index in [0.29, 0.717) is 0 Å². The third-order valence-corrected chi connectivity index (χ3v) is 6.38. The summed E-state index contributed by atoms with van der Waals surface area (Å²) in [5, 5.41) is 3.19. The first-order chi connectivity index (χ1) is 14.2. The number of piperidine rings is 1. The fourth-order valence-corrected chi connectivity index (χ4v) is 4.63. The van der Waals surface area contributed by atoms with Gasteiger partial charge in [-0.3, -0.25) is 4.79 Å². The van der Waals surface area contributed by atoms with Gasteiger partial charge in [-0.25, -0.2) is 0 Å². The molecule has 0 unspecified atom stereocenters. The van der Waals surface area contributed by atoms with Crippen molar-refractivity contribution in [3.05, 3.63) is 59.7 Å². The highest BCUT2D eigenvalue weighted by molar-refractivity contribution is 5.79. The molecule has 1 fully saturated rings. The second-order valence-corrected chi connectivity index (χ2v) is 8.46. The summed E-state index contributed by atoms with van der Waals surface area (Å²) in [5.41, 5.74) is 5.41. The predicted octanol–water partition coefficient (Wildman–Crippen LogP) is 4.17. The van der Waals surface area contributed by atoms with Gasteiger partial charge in [0.25, 0.3) is 0 Å². The van der Waals surface area contributed by atoms with Crippen molar-refractivity contribution in [2.45, 2.75) is 39.0 Å². The van der Waals surface area contributed by atoms with Gasteiger partial charge in [0.15, 0.2) is 0 Å². The van der Waals surface area contributed by atoms with E-state index in [2.05, 4.69) is 70.6 Å². The number of aryl methyl sites for hydroxylation is 2. The summed E-state index contributed by atoms with van der Waals surface area (Å²) in [4.78, 5) is 17.5. The highest BCUT2D eigenvalue weighted by Crippen LogP contribution is 2.27. The predicted molar refractivity (Wildman–Crippen MR) is 121 cm³/mol. The third-order valence-electron chi connectivity index (χ3n) is 6.38. The Morgan fingerprint density at radius 3 is 2.59 bits per heavy atom. The summed E-state index contributed by atoms with van der Waals surface area (Å²) in [5.74, 6) is 0.403. The van der Waals surface area contributed by atoms with Crippen molar-refractivity contribution in [2.75, 3.05) is 42.5 Å². The maximum absolute atomic E-state index is 12.6. The van der Waals surface area contributed by atoms with E-state index in [4.69, 9.17) is 0 Å². The molecule has 154 valence electrons. The Balaban J connectivity index is 1.18. The average molecular weight is 392 g/mol.